The molecule has 2 heterocycles. The molecule has 0 aliphatic carbocycles. The largest absolute Gasteiger partial charge is 0.496 e. The minimum Gasteiger partial charge on any atom is -0.496 e. The molecule has 0 saturated carbocycles. The molecule has 0 fully saturated rings. The summed E-state index contributed by atoms with van der Waals surface area (Å²) in [4.78, 5) is 12.6. The second-order valence-electron chi connectivity index (χ2n) is 5.17. The van der Waals surface area contributed by atoms with E-state index >= 15 is 0 Å². The van der Waals surface area contributed by atoms with E-state index in [0.717, 1.165) is 28.5 Å². The third-order valence-corrected chi connectivity index (χ3v) is 3.52. The Morgan fingerprint density at radius 3 is 2.50 bits per heavy atom. The van der Waals surface area contributed by atoms with Gasteiger partial charge in [0.15, 0.2) is 0 Å². The monoisotopic (exact) mass is 321 g/mol. The van der Waals surface area contributed by atoms with Crippen LogP contribution in [0, 0.1) is 0 Å². The Balaban J connectivity index is 1.61. The Morgan fingerprint density at radius 1 is 0.958 bits per heavy atom. The quantitative estimate of drug-likeness (QED) is 0.697. The van der Waals surface area contributed by atoms with Gasteiger partial charge in [-0.25, -0.2) is 9.97 Å². The van der Waals surface area contributed by atoms with Gasteiger partial charge in [-0.1, -0.05) is 24.3 Å². The van der Waals surface area contributed by atoms with Crippen LogP contribution in [-0.2, 0) is 13.1 Å². The summed E-state index contributed by atoms with van der Waals surface area (Å²) >= 11 is 0. The van der Waals surface area contributed by atoms with Crippen molar-refractivity contribution in [3.8, 4) is 5.75 Å². The smallest absolute Gasteiger partial charge is 0.131 e. The van der Waals surface area contributed by atoms with E-state index in [2.05, 4.69) is 25.6 Å². The maximum Gasteiger partial charge on any atom is 0.131 e. The Labute approximate surface area is 141 Å². The molecule has 6 nitrogen and oxygen atoms in total. The summed E-state index contributed by atoms with van der Waals surface area (Å²) in [5, 5.41) is 6.56. The number of pyridine rings is 1. The van der Waals surface area contributed by atoms with Crippen LogP contribution in [0.3, 0.4) is 0 Å². The number of ether oxygens (including phenoxy) is 1. The molecule has 0 bridgehead atoms. The number of methoxy groups -OCH3 is 1. The summed E-state index contributed by atoms with van der Waals surface area (Å²) in [6, 6.07) is 13.7. The average molecular weight is 321 g/mol. The minimum atomic E-state index is 0.628. The molecule has 1 aromatic carbocycles. The van der Waals surface area contributed by atoms with Crippen LogP contribution >= 0.6 is 0 Å². The van der Waals surface area contributed by atoms with Crippen LogP contribution in [0.15, 0.2) is 61.2 Å². The highest BCUT2D eigenvalue weighted by Gasteiger charge is 2.03. The first-order chi connectivity index (χ1) is 11.8. The fraction of sp³-hybridized carbons (Fsp3) is 0.167. The topological polar surface area (TPSA) is 72.0 Å². The van der Waals surface area contributed by atoms with Crippen LogP contribution in [0.5, 0.6) is 5.75 Å². The molecule has 3 rings (SSSR count). The summed E-state index contributed by atoms with van der Waals surface area (Å²) in [7, 11) is 1.67. The standard InChI is InChI=1S/C18H19N5O/c1-24-16-7-3-2-6-15(16)12-21-18-9-17(22-13-23-18)20-11-14-5-4-8-19-10-14/h2-10,13H,11-12H2,1H3,(H2,20,21,22,23). The second-order valence-corrected chi connectivity index (χ2v) is 5.17. The molecule has 0 spiro atoms. The Bertz CT molecular complexity index is 779. The number of rotatable bonds is 7. The number of anilines is 2. The Morgan fingerprint density at radius 2 is 1.75 bits per heavy atom. The van der Waals surface area contributed by atoms with Crippen molar-refractivity contribution in [2.24, 2.45) is 0 Å². The van der Waals surface area contributed by atoms with Crippen LogP contribution < -0.4 is 15.4 Å². The van der Waals surface area contributed by atoms with E-state index < -0.39 is 0 Å². The van der Waals surface area contributed by atoms with Gasteiger partial charge in [0.25, 0.3) is 0 Å². The zero-order chi connectivity index (χ0) is 16.6. The number of nitrogens with zero attached hydrogens (tertiary/aromatic N) is 3. The maximum absolute atomic E-state index is 5.35. The van der Waals surface area contributed by atoms with Crippen molar-refractivity contribution in [2.75, 3.05) is 17.7 Å². The molecule has 0 atom stereocenters. The van der Waals surface area contributed by atoms with Gasteiger partial charge in [-0.05, 0) is 17.7 Å². The predicted octanol–water partition coefficient (Wildman–Crippen LogP) is 3.10. The van der Waals surface area contributed by atoms with Gasteiger partial charge < -0.3 is 15.4 Å². The highest BCUT2D eigenvalue weighted by molar-refractivity contribution is 5.47. The van der Waals surface area contributed by atoms with E-state index in [9.17, 15) is 0 Å². The zero-order valence-electron chi connectivity index (χ0n) is 13.4. The fourth-order valence-corrected chi connectivity index (χ4v) is 2.28. The van der Waals surface area contributed by atoms with Gasteiger partial charge >= 0.3 is 0 Å². The van der Waals surface area contributed by atoms with Gasteiger partial charge in [-0.2, -0.15) is 0 Å². The molecule has 24 heavy (non-hydrogen) atoms. The van der Waals surface area contributed by atoms with Gasteiger partial charge in [-0.3, -0.25) is 4.98 Å². The van der Waals surface area contributed by atoms with E-state index in [1.54, 1.807) is 13.3 Å². The van der Waals surface area contributed by atoms with Crippen molar-refractivity contribution in [1.29, 1.82) is 0 Å². The number of aromatic nitrogens is 3. The first kappa shape index (κ1) is 15.7. The van der Waals surface area contributed by atoms with Crippen molar-refractivity contribution in [2.45, 2.75) is 13.1 Å². The molecule has 0 radical (unpaired) electrons. The first-order valence-corrected chi connectivity index (χ1v) is 7.66. The van der Waals surface area contributed by atoms with Crippen molar-refractivity contribution in [3.05, 3.63) is 72.3 Å². The number of nitrogens with one attached hydrogen (secondary N) is 2. The molecule has 2 N–H and O–H groups in total. The van der Waals surface area contributed by atoms with Gasteiger partial charge in [0.05, 0.1) is 7.11 Å². The van der Waals surface area contributed by atoms with Crippen LogP contribution in [0.2, 0.25) is 0 Å². The second kappa shape index (κ2) is 7.92. The molecule has 0 aliphatic heterocycles. The Kier molecular flexibility index (Phi) is 5.19. The predicted molar refractivity (Wildman–Crippen MR) is 93.9 cm³/mol. The highest BCUT2D eigenvalue weighted by Crippen LogP contribution is 2.19. The van der Waals surface area contributed by atoms with Crippen LogP contribution in [-0.4, -0.2) is 22.1 Å². The summed E-state index contributed by atoms with van der Waals surface area (Å²) in [6.07, 6.45) is 5.12. The third-order valence-electron chi connectivity index (χ3n) is 3.52. The maximum atomic E-state index is 5.35. The number of benzene rings is 1. The SMILES string of the molecule is COc1ccccc1CNc1cc(NCc2cccnc2)ncn1. The summed E-state index contributed by atoms with van der Waals surface area (Å²) < 4.78 is 5.35. The molecular formula is C18H19N5O. The van der Waals surface area contributed by atoms with Crippen molar-refractivity contribution < 1.29 is 4.74 Å². The lowest BCUT2D eigenvalue weighted by atomic mass is 10.2. The van der Waals surface area contributed by atoms with E-state index in [-0.39, 0.29) is 0 Å². The normalized spacial score (nSPS) is 10.2. The number of hydrogen-bond acceptors (Lipinski definition) is 6. The van der Waals surface area contributed by atoms with Crippen molar-refractivity contribution in [1.82, 2.24) is 15.0 Å². The number of hydrogen-bond donors (Lipinski definition) is 2. The van der Waals surface area contributed by atoms with E-state index in [1.807, 2.05) is 48.7 Å². The van der Waals surface area contributed by atoms with E-state index in [4.69, 9.17) is 4.74 Å². The molecule has 3 aromatic rings. The molecule has 122 valence electrons. The zero-order valence-corrected chi connectivity index (χ0v) is 13.4. The van der Waals surface area contributed by atoms with Gasteiger partial charge in [0.1, 0.15) is 23.7 Å². The third kappa shape index (κ3) is 4.19. The molecule has 0 amide bonds. The first-order valence-electron chi connectivity index (χ1n) is 7.66. The fourth-order valence-electron chi connectivity index (χ4n) is 2.28. The molecule has 0 unspecified atom stereocenters. The van der Waals surface area contributed by atoms with Crippen LogP contribution in [0.1, 0.15) is 11.1 Å². The highest BCUT2D eigenvalue weighted by atomic mass is 16.5. The molecule has 2 aromatic heterocycles. The van der Waals surface area contributed by atoms with E-state index in [0.29, 0.717) is 13.1 Å². The van der Waals surface area contributed by atoms with Gasteiger partial charge in [-0.15, -0.1) is 0 Å². The molecule has 6 heteroatoms. The minimum absolute atomic E-state index is 0.628. The lowest BCUT2D eigenvalue weighted by Crippen LogP contribution is -2.06. The summed E-state index contributed by atoms with van der Waals surface area (Å²) in [6.45, 7) is 1.29. The molecular weight excluding hydrogens is 302 g/mol. The van der Waals surface area contributed by atoms with Crippen molar-refractivity contribution >= 4 is 11.6 Å². The van der Waals surface area contributed by atoms with Crippen LogP contribution in [0.4, 0.5) is 11.6 Å². The van der Waals surface area contributed by atoms with Crippen molar-refractivity contribution in [3.63, 3.8) is 0 Å². The average Bonchev–Trinajstić information content (AvgIpc) is 2.66. The number of para-hydroxylation sites is 1. The van der Waals surface area contributed by atoms with E-state index in [1.165, 1.54) is 6.33 Å². The lowest BCUT2D eigenvalue weighted by molar-refractivity contribution is 0.410. The van der Waals surface area contributed by atoms with Gasteiger partial charge in [0.2, 0.25) is 0 Å². The summed E-state index contributed by atoms with van der Waals surface area (Å²) in [5.41, 5.74) is 2.17. The lowest BCUT2D eigenvalue weighted by Gasteiger charge is -2.11. The summed E-state index contributed by atoms with van der Waals surface area (Å²) in [5.74, 6) is 2.37. The molecule has 0 aliphatic rings. The van der Waals surface area contributed by atoms with Gasteiger partial charge in [0, 0.05) is 37.1 Å². The Hall–Kier alpha value is -3.15. The van der Waals surface area contributed by atoms with Crippen LogP contribution in [0.25, 0.3) is 0 Å². The molecule has 0 saturated heterocycles.